The first-order valence-corrected chi connectivity index (χ1v) is 9.88. The standard InChI is InChI=1S/C21H24F3N3O3/c1-20(15-8-5-9-16(12-15)21(22,23)24)18(29)27(19(30)26-20)13-17(28)25-11-10-14-6-3-2-4-7-14/h5-6,8-9,12H,2-4,7,10-11,13H2,1H3,(H,25,28)(H,26,30). The Morgan fingerprint density at radius 3 is 2.70 bits per heavy atom. The van der Waals surface area contributed by atoms with Crippen LogP contribution in [0.5, 0.6) is 0 Å². The third-order valence-corrected chi connectivity index (χ3v) is 5.50. The van der Waals surface area contributed by atoms with Gasteiger partial charge in [0.05, 0.1) is 5.56 Å². The quantitative estimate of drug-likeness (QED) is 0.543. The van der Waals surface area contributed by atoms with Crippen LogP contribution in [0.3, 0.4) is 0 Å². The van der Waals surface area contributed by atoms with Gasteiger partial charge in [-0.15, -0.1) is 0 Å². The van der Waals surface area contributed by atoms with Crippen molar-refractivity contribution in [2.75, 3.05) is 13.1 Å². The topological polar surface area (TPSA) is 78.5 Å². The maximum Gasteiger partial charge on any atom is 0.416 e. The van der Waals surface area contributed by atoms with Crippen LogP contribution in [0.15, 0.2) is 35.9 Å². The first-order chi connectivity index (χ1) is 14.1. The van der Waals surface area contributed by atoms with Crippen LogP contribution in [0.4, 0.5) is 18.0 Å². The number of carbonyl (C=O) groups excluding carboxylic acids is 3. The molecule has 0 saturated carbocycles. The highest BCUT2D eigenvalue weighted by Gasteiger charge is 2.50. The Morgan fingerprint density at radius 1 is 1.27 bits per heavy atom. The Hall–Kier alpha value is -2.84. The van der Waals surface area contributed by atoms with Crippen molar-refractivity contribution in [3.63, 3.8) is 0 Å². The Labute approximate surface area is 172 Å². The van der Waals surface area contributed by atoms with E-state index in [1.54, 1.807) is 0 Å². The van der Waals surface area contributed by atoms with Crippen LogP contribution in [0.25, 0.3) is 0 Å². The molecule has 3 rings (SSSR count). The number of imide groups is 1. The fourth-order valence-electron chi connectivity index (χ4n) is 3.74. The molecule has 6 nitrogen and oxygen atoms in total. The molecular weight excluding hydrogens is 399 g/mol. The van der Waals surface area contributed by atoms with Gasteiger partial charge in [-0.2, -0.15) is 13.2 Å². The van der Waals surface area contributed by atoms with Gasteiger partial charge in [-0.25, -0.2) is 4.79 Å². The minimum absolute atomic E-state index is 0.00261. The van der Waals surface area contributed by atoms with Gasteiger partial charge in [-0.1, -0.05) is 23.8 Å². The van der Waals surface area contributed by atoms with E-state index in [1.165, 1.54) is 31.1 Å². The van der Waals surface area contributed by atoms with E-state index in [0.29, 0.717) is 13.0 Å². The van der Waals surface area contributed by atoms with Crippen molar-refractivity contribution in [2.45, 2.75) is 50.7 Å². The summed E-state index contributed by atoms with van der Waals surface area (Å²) < 4.78 is 39.0. The Morgan fingerprint density at radius 2 is 2.03 bits per heavy atom. The minimum atomic E-state index is -4.58. The number of allylic oxidation sites excluding steroid dienone is 1. The van der Waals surface area contributed by atoms with Crippen LogP contribution in [0.1, 0.15) is 50.2 Å². The third-order valence-electron chi connectivity index (χ3n) is 5.50. The zero-order chi connectivity index (χ0) is 21.9. The summed E-state index contributed by atoms with van der Waals surface area (Å²) in [5, 5.41) is 5.11. The van der Waals surface area contributed by atoms with E-state index in [-0.39, 0.29) is 5.56 Å². The zero-order valence-corrected chi connectivity index (χ0v) is 16.6. The van der Waals surface area contributed by atoms with Crippen molar-refractivity contribution in [3.8, 4) is 0 Å². The summed E-state index contributed by atoms with van der Waals surface area (Å²) in [6.45, 7) is 1.24. The van der Waals surface area contributed by atoms with Gasteiger partial charge in [0.25, 0.3) is 5.91 Å². The number of nitrogens with zero attached hydrogens (tertiary/aromatic N) is 1. The molecule has 1 aliphatic carbocycles. The lowest BCUT2D eigenvalue weighted by Gasteiger charge is -2.23. The molecule has 0 bridgehead atoms. The first kappa shape index (κ1) is 21.9. The molecule has 1 atom stereocenters. The van der Waals surface area contributed by atoms with Crippen LogP contribution in [0, 0.1) is 0 Å². The second-order valence-corrected chi connectivity index (χ2v) is 7.73. The number of nitrogens with one attached hydrogen (secondary N) is 2. The molecule has 1 aromatic carbocycles. The van der Waals surface area contributed by atoms with E-state index in [2.05, 4.69) is 16.7 Å². The number of benzene rings is 1. The van der Waals surface area contributed by atoms with Crippen LogP contribution in [-0.4, -0.2) is 35.8 Å². The number of alkyl halides is 3. The van der Waals surface area contributed by atoms with Gasteiger partial charge in [-0.05, 0) is 56.7 Å². The molecule has 2 aliphatic rings. The Balaban J connectivity index is 1.64. The number of urea groups is 1. The highest BCUT2D eigenvalue weighted by Crippen LogP contribution is 2.34. The number of halogens is 3. The molecule has 1 fully saturated rings. The molecule has 9 heteroatoms. The average Bonchev–Trinajstić information content (AvgIpc) is 2.92. The average molecular weight is 423 g/mol. The van der Waals surface area contributed by atoms with E-state index in [1.807, 2.05) is 0 Å². The summed E-state index contributed by atoms with van der Waals surface area (Å²) in [7, 11) is 0. The summed E-state index contributed by atoms with van der Waals surface area (Å²) in [6.07, 6.45) is 2.67. The number of carbonyl (C=O) groups is 3. The Bertz CT molecular complexity index is 882. The molecule has 0 aromatic heterocycles. The van der Waals surface area contributed by atoms with Crippen LogP contribution in [-0.2, 0) is 21.3 Å². The van der Waals surface area contributed by atoms with E-state index in [9.17, 15) is 27.6 Å². The van der Waals surface area contributed by atoms with E-state index >= 15 is 0 Å². The highest BCUT2D eigenvalue weighted by atomic mass is 19.4. The van der Waals surface area contributed by atoms with Crippen molar-refractivity contribution in [1.82, 2.24) is 15.5 Å². The Kier molecular flexibility index (Phi) is 6.19. The fourth-order valence-corrected chi connectivity index (χ4v) is 3.74. The molecule has 1 aromatic rings. The second-order valence-electron chi connectivity index (χ2n) is 7.73. The smallest absolute Gasteiger partial charge is 0.354 e. The van der Waals surface area contributed by atoms with E-state index in [0.717, 1.165) is 36.3 Å². The number of amides is 4. The van der Waals surface area contributed by atoms with Gasteiger partial charge in [0.15, 0.2) is 0 Å². The van der Waals surface area contributed by atoms with Gasteiger partial charge in [-0.3, -0.25) is 14.5 Å². The van der Waals surface area contributed by atoms with Crippen LogP contribution >= 0.6 is 0 Å². The van der Waals surface area contributed by atoms with E-state index in [4.69, 9.17) is 0 Å². The fraction of sp³-hybridized carbons (Fsp3) is 0.476. The molecule has 1 unspecified atom stereocenters. The van der Waals surface area contributed by atoms with Crippen molar-refractivity contribution in [1.29, 1.82) is 0 Å². The summed E-state index contributed by atoms with van der Waals surface area (Å²) in [5.41, 5.74) is -1.31. The minimum Gasteiger partial charge on any atom is -0.354 e. The first-order valence-electron chi connectivity index (χ1n) is 9.88. The monoisotopic (exact) mass is 423 g/mol. The summed E-state index contributed by atoms with van der Waals surface area (Å²) in [6, 6.07) is 3.43. The summed E-state index contributed by atoms with van der Waals surface area (Å²) >= 11 is 0. The second kappa shape index (κ2) is 8.49. The van der Waals surface area contributed by atoms with E-state index < -0.39 is 41.7 Å². The maximum atomic E-state index is 13.0. The van der Waals surface area contributed by atoms with Gasteiger partial charge < -0.3 is 10.6 Å². The number of rotatable bonds is 6. The van der Waals surface area contributed by atoms with Gasteiger partial charge >= 0.3 is 12.2 Å². The van der Waals surface area contributed by atoms with Crippen molar-refractivity contribution < 1.29 is 27.6 Å². The molecule has 1 heterocycles. The maximum absolute atomic E-state index is 13.0. The molecule has 0 radical (unpaired) electrons. The third kappa shape index (κ3) is 4.66. The molecule has 1 aliphatic heterocycles. The van der Waals surface area contributed by atoms with Gasteiger partial charge in [0.2, 0.25) is 5.91 Å². The molecule has 1 saturated heterocycles. The number of hydrogen-bond acceptors (Lipinski definition) is 3. The molecule has 4 amide bonds. The van der Waals surface area contributed by atoms with Crippen LogP contribution in [0.2, 0.25) is 0 Å². The zero-order valence-electron chi connectivity index (χ0n) is 16.6. The molecule has 162 valence electrons. The lowest BCUT2D eigenvalue weighted by atomic mass is 9.90. The van der Waals surface area contributed by atoms with Crippen LogP contribution < -0.4 is 10.6 Å². The van der Waals surface area contributed by atoms with Gasteiger partial charge in [0.1, 0.15) is 12.1 Å². The SMILES string of the molecule is CC1(c2cccc(C(F)(F)F)c2)NC(=O)N(CC(=O)NCCC2=CCCCC2)C1=O. The number of hydrogen-bond donors (Lipinski definition) is 2. The normalized spacial score (nSPS) is 22.0. The lowest BCUT2D eigenvalue weighted by molar-refractivity contribution is -0.138. The predicted molar refractivity (Wildman–Crippen MR) is 103 cm³/mol. The largest absolute Gasteiger partial charge is 0.416 e. The van der Waals surface area contributed by atoms with Crippen molar-refractivity contribution in [2.24, 2.45) is 0 Å². The molecule has 2 N–H and O–H groups in total. The van der Waals surface area contributed by atoms with Crippen molar-refractivity contribution >= 4 is 17.8 Å². The lowest BCUT2D eigenvalue weighted by Crippen LogP contribution is -2.43. The highest BCUT2D eigenvalue weighted by molar-refractivity contribution is 6.09. The molecule has 0 spiro atoms. The van der Waals surface area contributed by atoms with Crippen molar-refractivity contribution in [3.05, 3.63) is 47.0 Å². The van der Waals surface area contributed by atoms with Gasteiger partial charge in [0, 0.05) is 6.54 Å². The molecular formula is C21H24F3N3O3. The predicted octanol–water partition coefficient (Wildman–Crippen LogP) is 3.48. The summed E-state index contributed by atoms with van der Waals surface area (Å²) in [5.74, 6) is -1.26. The molecule has 30 heavy (non-hydrogen) atoms. The summed E-state index contributed by atoms with van der Waals surface area (Å²) in [4.78, 5) is 38.1.